The van der Waals surface area contributed by atoms with Gasteiger partial charge in [-0.25, -0.2) is 9.97 Å². The second-order valence-corrected chi connectivity index (χ2v) is 4.01. The Morgan fingerprint density at radius 2 is 2.16 bits per heavy atom. The van der Waals surface area contributed by atoms with Crippen LogP contribution in [0.1, 0.15) is 5.56 Å². The Bertz CT molecular complexity index is 749. The van der Waals surface area contributed by atoms with Crippen LogP contribution in [0.25, 0.3) is 16.7 Å². The second-order valence-electron chi connectivity index (χ2n) is 4.01. The van der Waals surface area contributed by atoms with Crippen LogP contribution in [-0.2, 0) is 0 Å². The van der Waals surface area contributed by atoms with Gasteiger partial charge in [0.1, 0.15) is 12.1 Å². The molecule has 0 aliphatic carbocycles. The molecule has 0 bridgehead atoms. The lowest BCUT2D eigenvalue weighted by Crippen LogP contribution is -2.17. The molecule has 0 saturated carbocycles. The van der Waals surface area contributed by atoms with Crippen molar-refractivity contribution in [2.45, 2.75) is 0 Å². The quantitative estimate of drug-likeness (QED) is 0.313. The summed E-state index contributed by atoms with van der Waals surface area (Å²) in [6.07, 6.45) is 5.02. The molecule has 0 atom stereocenters. The lowest BCUT2D eigenvalue weighted by Gasteiger charge is -2.09. The van der Waals surface area contributed by atoms with Crippen LogP contribution >= 0.6 is 0 Å². The van der Waals surface area contributed by atoms with Crippen molar-refractivity contribution in [1.29, 1.82) is 0 Å². The number of rotatable bonds is 2. The van der Waals surface area contributed by atoms with Crippen molar-refractivity contribution in [2.24, 2.45) is 10.9 Å². The van der Waals surface area contributed by atoms with Gasteiger partial charge in [-0.2, -0.15) is 0 Å². The van der Waals surface area contributed by atoms with Crippen LogP contribution in [0.5, 0.6) is 0 Å². The van der Waals surface area contributed by atoms with Crippen LogP contribution in [0.4, 0.5) is 0 Å². The summed E-state index contributed by atoms with van der Waals surface area (Å²) in [5.41, 5.74) is 7.11. The van der Waals surface area contributed by atoms with Crippen LogP contribution < -0.4 is 5.73 Å². The Kier molecular flexibility index (Phi) is 2.60. The zero-order chi connectivity index (χ0) is 13.2. The predicted octanol–water partition coefficient (Wildman–Crippen LogP) is 1.51. The number of pyridine rings is 1. The highest BCUT2D eigenvalue weighted by Crippen LogP contribution is 2.19. The van der Waals surface area contributed by atoms with E-state index in [-0.39, 0.29) is 5.84 Å². The average Bonchev–Trinajstić information content (AvgIpc) is 2.99. The summed E-state index contributed by atoms with van der Waals surface area (Å²) in [6.45, 7) is 0. The highest BCUT2D eigenvalue weighted by atomic mass is 16.4. The molecule has 6 heteroatoms. The fraction of sp³-hybridized carbons (Fsp3) is 0. The van der Waals surface area contributed by atoms with E-state index < -0.39 is 0 Å². The largest absolute Gasteiger partial charge is 0.409 e. The number of hydrogen-bond donors (Lipinski definition) is 2. The lowest BCUT2D eigenvalue weighted by atomic mass is 10.1. The summed E-state index contributed by atoms with van der Waals surface area (Å²) in [6, 6.07) is 9.50. The standard InChI is InChI=1S/C13H11N5O/c14-12(17-19)10-7-9-3-1-2-4-11(9)16-13(10)18-6-5-15-8-18/h1-8,19H,(H2,14,17). The number of fused-ring (bicyclic) bond motifs is 1. The normalized spacial score (nSPS) is 11.9. The molecule has 6 nitrogen and oxygen atoms in total. The molecule has 1 aromatic carbocycles. The predicted molar refractivity (Wildman–Crippen MR) is 71.4 cm³/mol. The Balaban J connectivity index is 2.34. The van der Waals surface area contributed by atoms with Crippen molar-refractivity contribution in [1.82, 2.24) is 14.5 Å². The summed E-state index contributed by atoms with van der Waals surface area (Å²) >= 11 is 0. The van der Waals surface area contributed by atoms with E-state index in [2.05, 4.69) is 15.1 Å². The van der Waals surface area contributed by atoms with Gasteiger partial charge in [-0.1, -0.05) is 23.4 Å². The molecular weight excluding hydrogens is 242 g/mol. The molecule has 94 valence electrons. The fourth-order valence-electron chi connectivity index (χ4n) is 1.93. The highest BCUT2D eigenvalue weighted by molar-refractivity contribution is 6.02. The topological polar surface area (TPSA) is 89.3 Å². The third kappa shape index (κ3) is 1.89. The smallest absolute Gasteiger partial charge is 0.173 e. The number of nitrogens with zero attached hydrogens (tertiary/aromatic N) is 4. The van der Waals surface area contributed by atoms with Gasteiger partial charge < -0.3 is 10.9 Å². The van der Waals surface area contributed by atoms with Crippen LogP contribution in [0.15, 0.2) is 54.2 Å². The minimum absolute atomic E-state index is 0.0157. The first-order chi connectivity index (χ1) is 9.29. The first kappa shape index (κ1) is 11.2. The maximum Gasteiger partial charge on any atom is 0.173 e. The Morgan fingerprint density at radius 3 is 2.89 bits per heavy atom. The van der Waals surface area contributed by atoms with Gasteiger partial charge in [0.05, 0.1) is 11.1 Å². The maximum absolute atomic E-state index is 8.89. The van der Waals surface area contributed by atoms with E-state index in [9.17, 15) is 0 Å². The molecule has 0 radical (unpaired) electrons. The van der Waals surface area contributed by atoms with Crippen molar-refractivity contribution in [3.63, 3.8) is 0 Å². The monoisotopic (exact) mass is 253 g/mol. The third-order valence-electron chi connectivity index (χ3n) is 2.84. The van der Waals surface area contributed by atoms with Crippen LogP contribution in [0.3, 0.4) is 0 Å². The second kappa shape index (κ2) is 4.41. The van der Waals surface area contributed by atoms with Crippen LogP contribution in [0.2, 0.25) is 0 Å². The minimum atomic E-state index is 0.0157. The molecule has 0 aliphatic heterocycles. The van der Waals surface area contributed by atoms with E-state index in [1.54, 1.807) is 23.3 Å². The molecule has 0 fully saturated rings. The van der Waals surface area contributed by atoms with Crippen molar-refractivity contribution in [3.8, 4) is 5.82 Å². The molecule has 19 heavy (non-hydrogen) atoms. The summed E-state index contributed by atoms with van der Waals surface area (Å²) in [5.74, 6) is 0.591. The van der Waals surface area contributed by atoms with Crippen molar-refractivity contribution < 1.29 is 5.21 Å². The van der Waals surface area contributed by atoms with E-state index in [0.717, 1.165) is 10.9 Å². The average molecular weight is 253 g/mol. The van der Waals surface area contributed by atoms with Gasteiger partial charge in [0, 0.05) is 17.8 Å². The summed E-state index contributed by atoms with van der Waals surface area (Å²) in [7, 11) is 0. The first-order valence-corrected chi connectivity index (χ1v) is 5.65. The van der Waals surface area contributed by atoms with Gasteiger partial charge in [0.15, 0.2) is 5.84 Å². The molecule has 0 aliphatic rings. The number of aromatic nitrogens is 3. The number of hydrogen-bond acceptors (Lipinski definition) is 4. The van der Waals surface area contributed by atoms with E-state index in [0.29, 0.717) is 11.4 Å². The molecule has 3 rings (SSSR count). The van der Waals surface area contributed by atoms with Gasteiger partial charge in [-0.15, -0.1) is 0 Å². The first-order valence-electron chi connectivity index (χ1n) is 5.65. The number of imidazole rings is 1. The van der Waals surface area contributed by atoms with Crippen molar-refractivity contribution in [2.75, 3.05) is 0 Å². The van der Waals surface area contributed by atoms with Crippen LogP contribution in [-0.4, -0.2) is 25.6 Å². The van der Waals surface area contributed by atoms with Gasteiger partial charge in [0.25, 0.3) is 0 Å². The number of para-hydroxylation sites is 1. The van der Waals surface area contributed by atoms with Gasteiger partial charge in [-0.05, 0) is 12.1 Å². The zero-order valence-electron chi connectivity index (χ0n) is 9.93. The summed E-state index contributed by atoms with van der Waals surface area (Å²) < 4.78 is 1.72. The van der Waals surface area contributed by atoms with Crippen LogP contribution in [0, 0.1) is 0 Å². The van der Waals surface area contributed by atoms with Crippen molar-refractivity contribution in [3.05, 3.63) is 54.6 Å². The minimum Gasteiger partial charge on any atom is -0.409 e. The molecule has 2 aromatic heterocycles. The van der Waals surface area contributed by atoms with E-state index >= 15 is 0 Å². The number of benzene rings is 1. The summed E-state index contributed by atoms with van der Waals surface area (Å²) in [4.78, 5) is 8.52. The molecule has 0 saturated heterocycles. The van der Waals surface area contributed by atoms with E-state index in [1.807, 2.05) is 30.3 Å². The molecule has 0 unspecified atom stereocenters. The molecule has 2 heterocycles. The number of amidine groups is 1. The Hall–Kier alpha value is -2.89. The SMILES string of the molecule is NC(=NO)c1cc2ccccc2nc1-n1ccnc1. The number of oxime groups is 1. The van der Waals surface area contributed by atoms with E-state index in [1.165, 1.54) is 0 Å². The fourth-order valence-corrected chi connectivity index (χ4v) is 1.93. The molecule has 0 amide bonds. The van der Waals surface area contributed by atoms with Gasteiger partial charge >= 0.3 is 0 Å². The highest BCUT2D eigenvalue weighted by Gasteiger charge is 2.12. The molecule has 3 aromatic rings. The Morgan fingerprint density at radius 1 is 1.32 bits per heavy atom. The molecule has 0 spiro atoms. The Labute approximate surface area is 108 Å². The van der Waals surface area contributed by atoms with Crippen molar-refractivity contribution >= 4 is 16.7 Å². The van der Waals surface area contributed by atoms with Gasteiger partial charge in [0.2, 0.25) is 0 Å². The lowest BCUT2D eigenvalue weighted by molar-refractivity contribution is 0.318. The van der Waals surface area contributed by atoms with Gasteiger partial charge in [-0.3, -0.25) is 4.57 Å². The zero-order valence-corrected chi connectivity index (χ0v) is 9.93. The number of nitrogens with two attached hydrogens (primary N) is 1. The molecule has 3 N–H and O–H groups in total. The summed E-state index contributed by atoms with van der Waals surface area (Å²) in [5, 5.41) is 12.9. The van der Waals surface area contributed by atoms with E-state index in [4.69, 9.17) is 10.9 Å². The molecular formula is C13H11N5O. The third-order valence-corrected chi connectivity index (χ3v) is 2.84. The maximum atomic E-state index is 8.89.